The van der Waals surface area contributed by atoms with Crippen molar-refractivity contribution in [3.8, 4) is 0 Å². The molecule has 0 saturated heterocycles. The fourth-order valence-corrected chi connectivity index (χ4v) is 2.41. The van der Waals surface area contributed by atoms with E-state index in [1.807, 2.05) is 6.92 Å². The zero-order chi connectivity index (χ0) is 14.2. The molecule has 0 saturated carbocycles. The van der Waals surface area contributed by atoms with E-state index in [9.17, 15) is 0 Å². The molecule has 2 atom stereocenters. The van der Waals surface area contributed by atoms with Gasteiger partial charge in [-0.2, -0.15) is 0 Å². The lowest BCUT2D eigenvalue weighted by molar-refractivity contribution is 0.364. The minimum Gasteiger partial charge on any atom is -0.326 e. The van der Waals surface area contributed by atoms with E-state index >= 15 is 0 Å². The molecule has 1 heterocycles. The number of hydrogen-bond donors (Lipinski definition) is 0. The lowest BCUT2D eigenvalue weighted by Gasteiger charge is -2.19. The number of aryl methyl sites for hydroxylation is 1. The highest BCUT2D eigenvalue weighted by molar-refractivity contribution is 6.20. The lowest BCUT2D eigenvalue weighted by Crippen LogP contribution is -2.15. The van der Waals surface area contributed by atoms with Gasteiger partial charge in [-0.25, -0.2) is 4.98 Å². The van der Waals surface area contributed by atoms with Gasteiger partial charge in [0.2, 0.25) is 0 Å². The van der Waals surface area contributed by atoms with E-state index in [0.29, 0.717) is 11.8 Å². The van der Waals surface area contributed by atoms with Crippen molar-refractivity contribution >= 4 is 22.6 Å². The third-order valence-electron chi connectivity index (χ3n) is 3.90. The Labute approximate surface area is 120 Å². The average Bonchev–Trinajstić information content (AvgIpc) is 2.67. The molecule has 2 rings (SSSR count). The van der Waals surface area contributed by atoms with Gasteiger partial charge in [0.25, 0.3) is 0 Å². The predicted molar refractivity (Wildman–Crippen MR) is 82.7 cm³/mol. The quantitative estimate of drug-likeness (QED) is 0.725. The molecular weight excluding hydrogens is 256 g/mol. The molecule has 3 heteroatoms. The van der Waals surface area contributed by atoms with E-state index in [4.69, 9.17) is 16.6 Å². The maximum atomic E-state index is 6.30. The summed E-state index contributed by atoms with van der Waals surface area (Å²) in [6.45, 7) is 11.9. The van der Waals surface area contributed by atoms with E-state index in [0.717, 1.165) is 17.9 Å². The summed E-state index contributed by atoms with van der Waals surface area (Å²) in [5, 5.41) is -0.0629. The number of halogens is 1. The molecule has 1 aromatic carbocycles. The van der Waals surface area contributed by atoms with Crippen LogP contribution in [0.1, 0.15) is 44.5 Å². The number of imidazole rings is 1. The molecule has 0 aliphatic rings. The van der Waals surface area contributed by atoms with Crippen LogP contribution in [-0.4, -0.2) is 9.55 Å². The molecule has 2 nitrogen and oxygen atoms in total. The van der Waals surface area contributed by atoms with Crippen LogP contribution >= 0.6 is 11.6 Å². The van der Waals surface area contributed by atoms with Crippen molar-refractivity contribution in [3.05, 3.63) is 29.6 Å². The first kappa shape index (κ1) is 14.4. The number of benzene rings is 1. The highest BCUT2D eigenvalue weighted by Gasteiger charge is 2.18. The topological polar surface area (TPSA) is 17.8 Å². The third-order valence-corrected chi connectivity index (χ3v) is 4.09. The van der Waals surface area contributed by atoms with Crippen molar-refractivity contribution in [1.82, 2.24) is 9.55 Å². The summed E-state index contributed by atoms with van der Waals surface area (Å²) >= 11 is 6.30. The Kier molecular flexibility index (Phi) is 4.19. The smallest absolute Gasteiger partial charge is 0.127 e. The van der Waals surface area contributed by atoms with Crippen molar-refractivity contribution in [2.24, 2.45) is 11.8 Å². The molecule has 104 valence electrons. The van der Waals surface area contributed by atoms with Gasteiger partial charge in [0.15, 0.2) is 0 Å². The van der Waals surface area contributed by atoms with Gasteiger partial charge in [0.05, 0.1) is 16.4 Å². The predicted octanol–water partition coefficient (Wildman–Crippen LogP) is 4.94. The van der Waals surface area contributed by atoms with Crippen molar-refractivity contribution in [2.75, 3.05) is 0 Å². The molecule has 0 spiro atoms. The molecular formula is C16H23ClN2. The minimum atomic E-state index is -0.0629. The largest absolute Gasteiger partial charge is 0.326 e. The molecule has 0 radical (unpaired) electrons. The van der Waals surface area contributed by atoms with Crippen LogP contribution in [0.5, 0.6) is 0 Å². The van der Waals surface area contributed by atoms with Crippen LogP contribution in [0.25, 0.3) is 11.0 Å². The van der Waals surface area contributed by atoms with Gasteiger partial charge < -0.3 is 4.57 Å². The summed E-state index contributed by atoms with van der Waals surface area (Å²) < 4.78 is 2.30. The minimum absolute atomic E-state index is 0.0629. The zero-order valence-corrected chi connectivity index (χ0v) is 13.2. The molecule has 1 aromatic heterocycles. The second-order valence-corrected chi connectivity index (χ2v) is 6.56. The van der Waals surface area contributed by atoms with E-state index in [1.54, 1.807) is 0 Å². The average molecular weight is 279 g/mol. The van der Waals surface area contributed by atoms with E-state index in [-0.39, 0.29) is 5.38 Å². The van der Waals surface area contributed by atoms with Crippen molar-refractivity contribution < 1.29 is 0 Å². The van der Waals surface area contributed by atoms with E-state index in [1.165, 1.54) is 11.1 Å². The molecule has 0 amide bonds. The van der Waals surface area contributed by atoms with Crippen LogP contribution in [0.15, 0.2) is 18.2 Å². The number of nitrogens with zero attached hydrogens (tertiary/aromatic N) is 2. The monoisotopic (exact) mass is 278 g/mol. The number of alkyl halides is 1. The summed E-state index contributed by atoms with van der Waals surface area (Å²) in [6, 6.07) is 6.40. The second kappa shape index (κ2) is 5.54. The fraction of sp³-hybridized carbons (Fsp3) is 0.562. The normalized spacial score (nSPS) is 15.1. The maximum Gasteiger partial charge on any atom is 0.127 e. The van der Waals surface area contributed by atoms with Crippen molar-refractivity contribution in [3.63, 3.8) is 0 Å². The number of rotatable bonds is 4. The number of aromatic nitrogens is 2. The highest BCUT2D eigenvalue weighted by Crippen LogP contribution is 2.27. The Hall–Kier alpha value is -1.02. The highest BCUT2D eigenvalue weighted by atomic mass is 35.5. The van der Waals surface area contributed by atoms with Gasteiger partial charge in [-0.1, -0.05) is 26.8 Å². The Bertz CT molecular complexity index is 569. The lowest BCUT2D eigenvalue weighted by atomic mass is 9.98. The summed E-state index contributed by atoms with van der Waals surface area (Å²) in [4.78, 5) is 4.70. The fourth-order valence-electron chi connectivity index (χ4n) is 2.25. The number of fused-ring (bicyclic) bond motifs is 1. The van der Waals surface area contributed by atoms with Gasteiger partial charge in [-0.3, -0.25) is 0 Å². The van der Waals surface area contributed by atoms with E-state index < -0.39 is 0 Å². The third kappa shape index (κ3) is 2.94. The Balaban J connectivity index is 2.54. The van der Waals surface area contributed by atoms with Crippen molar-refractivity contribution in [1.29, 1.82) is 0 Å². The van der Waals surface area contributed by atoms with Crippen LogP contribution in [0.2, 0.25) is 0 Å². The molecule has 0 N–H and O–H groups in total. The molecule has 0 bridgehead atoms. The van der Waals surface area contributed by atoms with Crippen LogP contribution in [0.3, 0.4) is 0 Å². The zero-order valence-electron chi connectivity index (χ0n) is 12.4. The van der Waals surface area contributed by atoms with Gasteiger partial charge in [-0.15, -0.1) is 11.6 Å². The summed E-state index contributed by atoms with van der Waals surface area (Å²) in [6.07, 6.45) is 0. The first-order valence-corrected chi connectivity index (χ1v) is 7.44. The molecule has 0 fully saturated rings. The molecule has 0 aliphatic heterocycles. The Morgan fingerprint density at radius 1 is 1.21 bits per heavy atom. The molecule has 19 heavy (non-hydrogen) atoms. The first-order valence-electron chi connectivity index (χ1n) is 7.01. The number of hydrogen-bond acceptors (Lipinski definition) is 1. The SMILES string of the molecule is Cc1ccc2nc(C(C)Cl)n(CC(C)C(C)C)c2c1. The van der Waals surface area contributed by atoms with Gasteiger partial charge >= 0.3 is 0 Å². The van der Waals surface area contributed by atoms with Gasteiger partial charge in [0, 0.05) is 6.54 Å². The molecule has 0 aliphatic carbocycles. The maximum absolute atomic E-state index is 6.30. The van der Waals surface area contributed by atoms with Crippen molar-refractivity contribution in [2.45, 2.75) is 46.5 Å². The van der Waals surface area contributed by atoms with Crippen LogP contribution < -0.4 is 0 Å². The first-order chi connectivity index (χ1) is 8.90. The van der Waals surface area contributed by atoms with Crippen LogP contribution in [-0.2, 0) is 6.54 Å². The Morgan fingerprint density at radius 2 is 1.89 bits per heavy atom. The van der Waals surface area contributed by atoms with E-state index in [2.05, 4.69) is 50.5 Å². The second-order valence-electron chi connectivity index (χ2n) is 5.91. The molecule has 2 aromatic rings. The van der Waals surface area contributed by atoms with Crippen LogP contribution in [0.4, 0.5) is 0 Å². The van der Waals surface area contributed by atoms with Gasteiger partial charge in [-0.05, 0) is 43.4 Å². The summed E-state index contributed by atoms with van der Waals surface area (Å²) in [5.41, 5.74) is 3.51. The van der Waals surface area contributed by atoms with Crippen LogP contribution in [0, 0.1) is 18.8 Å². The molecule has 2 unspecified atom stereocenters. The summed E-state index contributed by atoms with van der Waals surface area (Å²) in [7, 11) is 0. The summed E-state index contributed by atoms with van der Waals surface area (Å²) in [5.74, 6) is 2.24. The standard InChI is InChI=1S/C16H23ClN2/c1-10(2)12(4)9-19-15-8-11(3)6-7-14(15)18-16(19)13(5)17/h6-8,10,12-13H,9H2,1-5H3. The Morgan fingerprint density at radius 3 is 2.47 bits per heavy atom. The van der Waals surface area contributed by atoms with Gasteiger partial charge in [0.1, 0.15) is 5.82 Å².